The lowest BCUT2D eigenvalue weighted by Gasteiger charge is -2.33. The van der Waals surface area contributed by atoms with Gasteiger partial charge in [0, 0.05) is 18.6 Å². The summed E-state index contributed by atoms with van der Waals surface area (Å²) in [6.07, 6.45) is 4.68. The van der Waals surface area contributed by atoms with Crippen LogP contribution in [0.25, 0.3) is 0 Å². The first-order chi connectivity index (χ1) is 9.63. The lowest BCUT2D eigenvalue weighted by Crippen LogP contribution is -2.38. The summed E-state index contributed by atoms with van der Waals surface area (Å²) in [5.41, 5.74) is 7.22. The lowest BCUT2D eigenvalue weighted by atomic mass is 9.91. The van der Waals surface area contributed by atoms with Crippen LogP contribution in [0.2, 0.25) is 0 Å². The molecule has 0 unspecified atom stereocenters. The zero-order valence-corrected chi connectivity index (χ0v) is 12.8. The van der Waals surface area contributed by atoms with Crippen molar-refractivity contribution in [3.8, 4) is 11.5 Å². The normalized spacial score (nSPS) is 22.9. The lowest BCUT2D eigenvalue weighted by molar-refractivity contribution is 0.176. The Morgan fingerprint density at radius 2 is 1.75 bits per heavy atom. The molecule has 2 rings (SSSR count). The molecule has 0 radical (unpaired) electrons. The van der Waals surface area contributed by atoms with Crippen molar-refractivity contribution in [2.24, 2.45) is 5.73 Å². The van der Waals surface area contributed by atoms with E-state index in [4.69, 9.17) is 15.2 Å². The molecule has 1 fully saturated rings. The molecule has 0 atom stereocenters. The van der Waals surface area contributed by atoms with E-state index in [1.807, 2.05) is 6.07 Å². The highest BCUT2D eigenvalue weighted by atomic mass is 16.5. The Bertz CT molecular complexity index is 428. The monoisotopic (exact) mass is 278 g/mol. The van der Waals surface area contributed by atoms with Gasteiger partial charge in [0.25, 0.3) is 0 Å². The van der Waals surface area contributed by atoms with Gasteiger partial charge in [0.2, 0.25) is 0 Å². The van der Waals surface area contributed by atoms with Crippen LogP contribution >= 0.6 is 0 Å². The molecule has 1 saturated carbocycles. The van der Waals surface area contributed by atoms with Crippen LogP contribution in [0.15, 0.2) is 18.2 Å². The molecule has 0 aromatic heterocycles. The predicted octanol–water partition coefficient (Wildman–Crippen LogP) is 2.41. The molecule has 20 heavy (non-hydrogen) atoms. The highest BCUT2D eigenvalue weighted by molar-refractivity contribution is 5.42. The number of hydrogen-bond donors (Lipinski definition) is 1. The topological polar surface area (TPSA) is 47.7 Å². The number of methoxy groups -OCH3 is 2. The van der Waals surface area contributed by atoms with Gasteiger partial charge in [-0.3, -0.25) is 4.90 Å². The predicted molar refractivity (Wildman–Crippen MR) is 81.2 cm³/mol. The van der Waals surface area contributed by atoms with Crippen LogP contribution < -0.4 is 15.2 Å². The van der Waals surface area contributed by atoms with Crippen LogP contribution in [-0.4, -0.2) is 38.3 Å². The first-order valence-corrected chi connectivity index (χ1v) is 7.30. The molecule has 0 heterocycles. The molecule has 112 valence electrons. The van der Waals surface area contributed by atoms with Gasteiger partial charge in [-0.1, -0.05) is 6.07 Å². The number of rotatable bonds is 5. The number of hydrogen-bond acceptors (Lipinski definition) is 4. The smallest absolute Gasteiger partial charge is 0.161 e. The summed E-state index contributed by atoms with van der Waals surface area (Å²) in [6.45, 7) is 0.931. The minimum absolute atomic E-state index is 0.403. The Morgan fingerprint density at radius 3 is 2.35 bits per heavy atom. The molecule has 4 nitrogen and oxygen atoms in total. The van der Waals surface area contributed by atoms with Gasteiger partial charge in [-0.2, -0.15) is 0 Å². The van der Waals surface area contributed by atoms with E-state index in [1.54, 1.807) is 14.2 Å². The summed E-state index contributed by atoms with van der Waals surface area (Å²) in [7, 11) is 5.53. The Balaban J connectivity index is 1.98. The zero-order chi connectivity index (χ0) is 14.5. The molecule has 4 heteroatoms. The number of nitrogens with zero attached hydrogens (tertiary/aromatic N) is 1. The van der Waals surface area contributed by atoms with Crippen molar-refractivity contribution in [1.29, 1.82) is 0 Å². The first-order valence-electron chi connectivity index (χ1n) is 7.30. The standard InChI is InChI=1S/C16H26N2O2/c1-18(14-7-5-13(17)6-8-14)11-12-4-9-15(19-2)16(10-12)20-3/h4,9-10,13-14H,5-8,11,17H2,1-3H3. The van der Waals surface area contributed by atoms with Crippen LogP contribution in [0.3, 0.4) is 0 Å². The molecular formula is C16H26N2O2. The summed E-state index contributed by atoms with van der Waals surface area (Å²) in [6, 6.07) is 7.18. The van der Waals surface area contributed by atoms with Crippen LogP contribution in [0.5, 0.6) is 11.5 Å². The summed E-state index contributed by atoms with van der Waals surface area (Å²) in [5, 5.41) is 0. The Morgan fingerprint density at radius 1 is 1.10 bits per heavy atom. The number of ether oxygens (including phenoxy) is 2. The molecular weight excluding hydrogens is 252 g/mol. The average Bonchev–Trinajstić information content (AvgIpc) is 2.47. The quantitative estimate of drug-likeness (QED) is 0.898. The van der Waals surface area contributed by atoms with Gasteiger partial charge in [-0.25, -0.2) is 0 Å². The van der Waals surface area contributed by atoms with Gasteiger partial charge < -0.3 is 15.2 Å². The second kappa shape index (κ2) is 6.95. The first kappa shape index (κ1) is 15.1. The third-order valence-corrected chi connectivity index (χ3v) is 4.24. The maximum atomic E-state index is 5.97. The summed E-state index contributed by atoms with van der Waals surface area (Å²) in [5.74, 6) is 1.58. The second-order valence-electron chi connectivity index (χ2n) is 5.67. The van der Waals surface area contributed by atoms with Gasteiger partial charge in [-0.15, -0.1) is 0 Å². The summed E-state index contributed by atoms with van der Waals surface area (Å²) < 4.78 is 10.6. The van der Waals surface area contributed by atoms with Crippen molar-refractivity contribution in [1.82, 2.24) is 4.90 Å². The minimum Gasteiger partial charge on any atom is -0.493 e. The van der Waals surface area contributed by atoms with E-state index in [1.165, 1.54) is 18.4 Å². The number of nitrogens with two attached hydrogens (primary N) is 1. The van der Waals surface area contributed by atoms with E-state index in [0.29, 0.717) is 12.1 Å². The highest BCUT2D eigenvalue weighted by Crippen LogP contribution is 2.29. The van der Waals surface area contributed by atoms with Gasteiger partial charge in [0.1, 0.15) is 0 Å². The molecule has 2 N–H and O–H groups in total. The van der Waals surface area contributed by atoms with Crippen molar-refractivity contribution < 1.29 is 9.47 Å². The van der Waals surface area contributed by atoms with Crippen molar-refractivity contribution in [3.05, 3.63) is 23.8 Å². The summed E-state index contributed by atoms with van der Waals surface area (Å²) in [4.78, 5) is 2.42. The zero-order valence-electron chi connectivity index (χ0n) is 12.8. The van der Waals surface area contributed by atoms with Crippen molar-refractivity contribution >= 4 is 0 Å². The molecule has 0 bridgehead atoms. The Kier molecular flexibility index (Phi) is 5.26. The fourth-order valence-electron chi connectivity index (χ4n) is 2.94. The Hall–Kier alpha value is -1.26. The second-order valence-corrected chi connectivity index (χ2v) is 5.67. The van der Waals surface area contributed by atoms with Crippen LogP contribution in [0.1, 0.15) is 31.2 Å². The summed E-state index contributed by atoms with van der Waals surface area (Å²) >= 11 is 0. The molecule has 1 aromatic rings. The van der Waals surface area contributed by atoms with Crippen LogP contribution in [0, 0.1) is 0 Å². The van der Waals surface area contributed by atoms with Gasteiger partial charge in [0.15, 0.2) is 11.5 Å². The van der Waals surface area contributed by atoms with E-state index >= 15 is 0 Å². The van der Waals surface area contributed by atoms with E-state index in [9.17, 15) is 0 Å². The van der Waals surface area contributed by atoms with Crippen LogP contribution in [-0.2, 0) is 6.54 Å². The van der Waals surface area contributed by atoms with Gasteiger partial charge in [-0.05, 0) is 50.4 Å². The van der Waals surface area contributed by atoms with Gasteiger partial charge in [0.05, 0.1) is 14.2 Å². The SMILES string of the molecule is COc1ccc(CN(C)C2CCC(N)CC2)cc1OC. The maximum Gasteiger partial charge on any atom is 0.161 e. The fourth-order valence-corrected chi connectivity index (χ4v) is 2.94. The van der Waals surface area contributed by atoms with Crippen molar-refractivity contribution in [2.45, 2.75) is 44.3 Å². The van der Waals surface area contributed by atoms with Crippen molar-refractivity contribution in [3.63, 3.8) is 0 Å². The minimum atomic E-state index is 0.403. The van der Waals surface area contributed by atoms with Crippen LogP contribution in [0.4, 0.5) is 0 Å². The largest absolute Gasteiger partial charge is 0.493 e. The Labute approximate surface area is 121 Å². The fraction of sp³-hybridized carbons (Fsp3) is 0.625. The molecule has 0 amide bonds. The van der Waals surface area contributed by atoms with E-state index in [-0.39, 0.29) is 0 Å². The van der Waals surface area contributed by atoms with Crippen molar-refractivity contribution in [2.75, 3.05) is 21.3 Å². The molecule has 1 aromatic carbocycles. The third-order valence-electron chi connectivity index (χ3n) is 4.24. The molecule has 0 saturated heterocycles. The van der Waals surface area contributed by atoms with E-state index in [2.05, 4.69) is 24.1 Å². The average molecular weight is 278 g/mol. The third kappa shape index (κ3) is 3.64. The number of benzene rings is 1. The van der Waals surface area contributed by atoms with E-state index < -0.39 is 0 Å². The molecule has 0 aliphatic heterocycles. The molecule has 1 aliphatic carbocycles. The molecule has 1 aliphatic rings. The van der Waals surface area contributed by atoms with E-state index in [0.717, 1.165) is 30.9 Å². The maximum absolute atomic E-state index is 5.97. The van der Waals surface area contributed by atoms with Gasteiger partial charge >= 0.3 is 0 Å². The highest BCUT2D eigenvalue weighted by Gasteiger charge is 2.22. The molecule has 0 spiro atoms.